The molecule has 1 atom stereocenters. The van der Waals surface area contributed by atoms with Gasteiger partial charge in [0.15, 0.2) is 0 Å². The van der Waals surface area contributed by atoms with Gasteiger partial charge in [-0.25, -0.2) is 0 Å². The molecule has 2 fully saturated rings. The van der Waals surface area contributed by atoms with Gasteiger partial charge in [0.05, 0.1) is 6.04 Å². The smallest absolute Gasteiger partial charge is 0.239 e. The summed E-state index contributed by atoms with van der Waals surface area (Å²) in [6.07, 6.45) is 2.26. The van der Waals surface area contributed by atoms with Crippen LogP contribution in [0.1, 0.15) is 40.5 Å². The zero-order valence-corrected chi connectivity index (χ0v) is 13.9. The Bertz CT molecular complexity index is 389. The highest BCUT2D eigenvalue weighted by atomic mass is 16.2. The van der Waals surface area contributed by atoms with Gasteiger partial charge in [-0.1, -0.05) is 20.8 Å². The van der Waals surface area contributed by atoms with Crippen LogP contribution in [-0.2, 0) is 9.59 Å². The van der Waals surface area contributed by atoms with Gasteiger partial charge in [-0.3, -0.25) is 14.5 Å². The minimum Gasteiger partial charge on any atom is -0.341 e. The fraction of sp³-hybridized carbons (Fsp3) is 0.875. The molecule has 0 aromatic carbocycles. The summed E-state index contributed by atoms with van der Waals surface area (Å²) in [7, 11) is 0. The van der Waals surface area contributed by atoms with Crippen LogP contribution in [0.4, 0.5) is 0 Å². The molecule has 2 rings (SSSR count). The van der Waals surface area contributed by atoms with Crippen molar-refractivity contribution in [1.82, 2.24) is 14.7 Å². The lowest BCUT2D eigenvalue weighted by Crippen LogP contribution is -2.56. The van der Waals surface area contributed by atoms with E-state index in [1.54, 1.807) is 0 Å². The fourth-order valence-electron chi connectivity index (χ4n) is 3.14. The van der Waals surface area contributed by atoms with Crippen molar-refractivity contribution in [2.24, 2.45) is 5.41 Å². The van der Waals surface area contributed by atoms with Gasteiger partial charge in [0.2, 0.25) is 11.8 Å². The van der Waals surface area contributed by atoms with E-state index in [4.69, 9.17) is 0 Å². The molecule has 5 heteroatoms. The molecule has 0 radical (unpaired) electrons. The third-order valence-corrected chi connectivity index (χ3v) is 4.57. The number of carbonyl (C=O) groups is 2. The summed E-state index contributed by atoms with van der Waals surface area (Å²) >= 11 is 0. The number of hydrogen-bond donors (Lipinski definition) is 0. The Balaban J connectivity index is 1.85. The Kier molecular flexibility index (Phi) is 4.91. The van der Waals surface area contributed by atoms with Crippen LogP contribution in [0.2, 0.25) is 0 Å². The molecule has 0 aromatic rings. The molecule has 2 aliphatic heterocycles. The summed E-state index contributed by atoms with van der Waals surface area (Å²) in [6.45, 7) is 12.7. The second kappa shape index (κ2) is 6.34. The predicted octanol–water partition coefficient (Wildman–Crippen LogP) is 1.19. The molecule has 0 aromatic heterocycles. The van der Waals surface area contributed by atoms with E-state index in [2.05, 4.69) is 4.90 Å². The van der Waals surface area contributed by atoms with Crippen molar-refractivity contribution >= 4 is 11.8 Å². The van der Waals surface area contributed by atoms with Crippen molar-refractivity contribution in [1.29, 1.82) is 0 Å². The number of carbonyl (C=O) groups excluding carboxylic acids is 2. The minimum atomic E-state index is -0.320. The van der Waals surface area contributed by atoms with Gasteiger partial charge in [0, 0.05) is 44.7 Å². The van der Waals surface area contributed by atoms with E-state index in [-0.39, 0.29) is 23.3 Å². The first-order valence-electron chi connectivity index (χ1n) is 8.13. The number of rotatable bonds is 2. The second-order valence-electron chi connectivity index (χ2n) is 7.29. The molecule has 2 saturated heterocycles. The topological polar surface area (TPSA) is 43.9 Å². The Morgan fingerprint density at radius 3 is 1.86 bits per heavy atom. The lowest BCUT2D eigenvalue weighted by Gasteiger charge is -2.40. The molecule has 0 saturated carbocycles. The van der Waals surface area contributed by atoms with E-state index in [1.807, 2.05) is 37.5 Å². The minimum absolute atomic E-state index is 0.0602. The van der Waals surface area contributed by atoms with Crippen LogP contribution < -0.4 is 0 Å². The highest BCUT2D eigenvalue weighted by Gasteiger charge is 2.33. The van der Waals surface area contributed by atoms with Crippen LogP contribution in [0.3, 0.4) is 0 Å². The van der Waals surface area contributed by atoms with Crippen molar-refractivity contribution in [2.45, 2.75) is 46.6 Å². The molecule has 1 unspecified atom stereocenters. The number of nitrogens with zero attached hydrogens (tertiary/aromatic N) is 3. The Hall–Kier alpha value is -1.10. The van der Waals surface area contributed by atoms with Gasteiger partial charge in [0.25, 0.3) is 0 Å². The van der Waals surface area contributed by atoms with Gasteiger partial charge >= 0.3 is 0 Å². The summed E-state index contributed by atoms with van der Waals surface area (Å²) in [6, 6.07) is -0.0602. The lowest BCUT2D eigenvalue weighted by atomic mass is 9.94. The van der Waals surface area contributed by atoms with Gasteiger partial charge in [-0.05, 0) is 19.8 Å². The van der Waals surface area contributed by atoms with E-state index in [0.29, 0.717) is 0 Å². The molecule has 2 amide bonds. The molecular weight excluding hydrogens is 266 g/mol. The quantitative estimate of drug-likeness (QED) is 0.768. The van der Waals surface area contributed by atoms with Gasteiger partial charge in [-0.15, -0.1) is 0 Å². The van der Waals surface area contributed by atoms with Crippen LogP contribution in [0.15, 0.2) is 0 Å². The number of piperazine rings is 1. The fourth-order valence-corrected chi connectivity index (χ4v) is 3.14. The SMILES string of the molecule is CC(C(=O)N1CCCC1)N1CCN(C(=O)C(C)(C)C)CC1. The summed E-state index contributed by atoms with van der Waals surface area (Å²) in [5.41, 5.74) is -0.320. The zero-order valence-electron chi connectivity index (χ0n) is 13.9. The van der Waals surface area contributed by atoms with Crippen LogP contribution in [0.5, 0.6) is 0 Å². The van der Waals surface area contributed by atoms with Crippen molar-refractivity contribution < 1.29 is 9.59 Å². The molecule has 0 spiro atoms. The first kappa shape index (κ1) is 16.3. The molecule has 2 aliphatic rings. The maximum atomic E-state index is 12.4. The second-order valence-corrected chi connectivity index (χ2v) is 7.29. The van der Waals surface area contributed by atoms with E-state index in [1.165, 1.54) is 0 Å². The van der Waals surface area contributed by atoms with Crippen LogP contribution in [-0.4, -0.2) is 71.8 Å². The van der Waals surface area contributed by atoms with Crippen molar-refractivity contribution in [3.05, 3.63) is 0 Å². The molecule has 0 N–H and O–H groups in total. The number of hydrogen-bond acceptors (Lipinski definition) is 3. The zero-order chi connectivity index (χ0) is 15.6. The Morgan fingerprint density at radius 1 is 0.857 bits per heavy atom. The highest BCUT2D eigenvalue weighted by molar-refractivity contribution is 5.82. The molecule has 0 aliphatic carbocycles. The lowest BCUT2D eigenvalue weighted by molar-refractivity contribution is -0.143. The molecule has 0 bridgehead atoms. The summed E-state index contributed by atoms with van der Waals surface area (Å²) in [5, 5.41) is 0. The molecule has 120 valence electrons. The van der Waals surface area contributed by atoms with Crippen LogP contribution in [0, 0.1) is 5.41 Å². The first-order chi connectivity index (χ1) is 9.80. The standard InChI is InChI=1S/C16H29N3O2/c1-13(14(20)18-7-5-6-8-18)17-9-11-19(12-10-17)15(21)16(2,3)4/h13H,5-12H2,1-4H3. The highest BCUT2D eigenvalue weighted by Crippen LogP contribution is 2.20. The van der Waals surface area contributed by atoms with E-state index in [0.717, 1.165) is 52.1 Å². The maximum Gasteiger partial charge on any atom is 0.239 e. The first-order valence-corrected chi connectivity index (χ1v) is 8.13. The van der Waals surface area contributed by atoms with Gasteiger partial charge in [-0.2, -0.15) is 0 Å². The van der Waals surface area contributed by atoms with E-state index < -0.39 is 0 Å². The van der Waals surface area contributed by atoms with Crippen LogP contribution >= 0.6 is 0 Å². The average molecular weight is 295 g/mol. The molecular formula is C16H29N3O2. The summed E-state index contributed by atoms with van der Waals surface area (Å²) in [4.78, 5) is 30.8. The normalized spacial score (nSPS) is 22.5. The molecule has 5 nitrogen and oxygen atoms in total. The van der Waals surface area contributed by atoms with Gasteiger partial charge < -0.3 is 9.80 Å². The number of amides is 2. The summed E-state index contributed by atoms with van der Waals surface area (Å²) in [5.74, 6) is 0.462. The predicted molar refractivity (Wildman–Crippen MR) is 82.9 cm³/mol. The maximum absolute atomic E-state index is 12.4. The third kappa shape index (κ3) is 3.76. The largest absolute Gasteiger partial charge is 0.341 e. The van der Waals surface area contributed by atoms with Crippen molar-refractivity contribution in [2.75, 3.05) is 39.3 Å². The van der Waals surface area contributed by atoms with Gasteiger partial charge in [0.1, 0.15) is 0 Å². The Morgan fingerprint density at radius 2 is 1.38 bits per heavy atom. The third-order valence-electron chi connectivity index (χ3n) is 4.57. The van der Waals surface area contributed by atoms with E-state index >= 15 is 0 Å². The monoisotopic (exact) mass is 295 g/mol. The number of likely N-dealkylation sites (tertiary alicyclic amines) is 1. The average Bonchev–Trinajstić information content (AvgIpc) is 2.98. The summed E-state index contributed by atoms with van der Waals surface area (Å²) < 4.78 is 0. The molecule has 2 heterocycles. The molecule has 21 heavy (non-hydrogen) atoms. The van der Waals surface area contributed by atoms with Crippen molar-refractivity contribution in [3.8, 4) is 0 Å². The van der Waals surface area contributed by atoms with Crippen LogP contribution in [0.25, 0.3) is 0 Å². The Labute approximate surface area is 128 Å². The van der Waals surface area contributed by atoms with Crippen molar-refractivity contribution in [3.63, 3.8) is 0 Å². The van der Waals surface area contributed by atoms with E-state index in [9.17, 15) is 9.59 Å².